The zero-order chi connectivity index (χ0) is 24.5. The third-order valence-electron chi connectivity index (χ3n) is 6.20. The third-order valence-corrected chi connectivity index (χ3v) is 6.20. The van der Waals surface area contributed by atoms with Crippen LogP contribution in [0, 0.1) is 13.8 Å². The molecule has 6 aromatic rings. The van der Waals surface area contributed by atoms with Gasteiger partial charge in [0.2, 0.25) is 0 Å². The SMILES string of the molecule is Cc1ccc(Nc2nc3ccccc3cc2-c2nc(Nc3ccc(C)cc3)c3ccccc3n2)cc1. The highest BCUT2D eigenvalue weighted by Gasteiger charge is 2.16. The summed E-state index contributed by atoms with van der Waals surface area (Å²) in [5.74, 6) is 2.08. The van der Waals surface area contributed by atoms with E-state index in [1.165, 1.54) is 11.1 Å². The molecule has 5 nitrogen and oxygen atoms in total. The molecule has 0 aliphatic rings. The Morgan fingerprint density at radius 1 is 0.528 bits per heavy atom. The monoisotopic (exact) mass is 467 g/mol. The van der Waals surface area contributed by atoms with E-state index >= 15 is 0 Å². The lowest BCUT2D eigenvalue weighted by Gasteiger charge is -2.15. The first-order chi connectivity index (χ1) is 17.6. The molecule has 0 saturated carbocycles. The van der Waals surface area contributed by atoms with Crippen LogP contribution in [0.4, 0.5) is 23.0 Å². The summed E-state index contributed by atoms with van der Waals surface area (Å²) < 4.78 is 0. The van der Waals surface area contributed by atoms with Gasteiger partial charge in [-0.2, -0.15) is 0 Å². The molecule has 174 valence electrons. The number of benzene rings is 4. The smallest absolute Gasteiger partial charge is 0.165 e. The van der Waals surface area contributed by atoms with Gasteiger partial charge in [-0.3, -0.25) is 0 Å². The van der Waals surface area contributed by atoms with Crippen molar-refractivity contribution in [3.05, 3.63) is 114 Å². The van der Waals surface area contributed by atoms with E-state index in [1.807, 2.05) is 42.5 Å². The van der Waals surface area contributed by atoms with Crippen LogP contribution in [-0.2, 0) is 0 Å². The minimum absolute atomic E-state index is 0.608. The van der Waals surface area contributed by atoms with Gasteiger partial charge in [0.1, 0.15) is 11.6 Å². The molecule has 4 aromatic carbocycles. The van der Waals surface area contributed by atoms with E-state index in [0.29, 0.717) is 11.6 Å². The zero-order valence-electron chi connectivity index (χ0n) is 20.2. The highest BCUT2D eigenvalue weighted by Crippen LogP contribution is 2.33. The van der Waals surface area contributed by atoms with Crippen molar-refractivity contribution in [2.45, 2.75) is 13.8 Å². The second-order valence-electron chi connectivity index (χ2n) is 8.97. The number of anilines is 4. The molecular weight excluding hydrogens is 442 g/mol. The lowest BCUT2D eigenvalue weighted by Crippen LogP contribution is -2.03. The van der Waals surface area contributed by atoms with Gasteiger partial charge >= 0.3 is 0 Å². The second-order valence-corrected chi connectivity index (χ2v) is 8.97. The molecule has 5 heteroatoms. The maximum Gasteiger partial charge on any atom is 0.165 e. The van der Waals surface area contributed by atoms with Crippen molar-refractivity contribution in [2.24, 2.45) is 0 Å². The summed E-state index contributed by atoms with van der Waals surface area (Å²) in [5, 5.41) is 9.00. The Labute approximate surface area is 209 Å². The first-order valence-corrected chi connectivity index (χ1v) is 12.0. The Kier molecular flexibility index (Phi) is 5.51. The van der Waals surface area contributed by atoms with Gasteiger partial charge in [-0.1, -0.05) is 65.7 Å². The van der Waals surface area contributed by atoms with Crippen molar-refractivity contribution in [3.63, 3.8) is 0 Å². The maximum absolute atomic E-state index is 5.01. The van der Waals surface area contributed by atoms with Crippen molar-refractivity contribution < 1.29 is 0 Å². The number of aryl methyl sites for hydroxylation is 2. The average Bonchev–Trinajstić information content (AvgIpc) is 2.91. The van der Waals surface area contributed by atoms with Gasteiger partial charge < -0.3 is 10.6 Å². The summed E-state index contributed by atoms with van der Waals surface area (Å²) in [6.07, 6.45) is 0. The summed E-state index contributed by atoms with van der Waals surface area (Å²) in [7, 11) is 0. The summed E-state index contributed by atoms with van der Waals surface area (Å²) in [6, 6.07) is 34.9. The lowest BCUT2D eigenvalue weighted by molar-refractivity contribution is 1.21. The molecule has 0 bridgehead atoms. The molecule has 2 N–H and O–H groups in total. The van der Waals surface area contributed by atoms with E-state index in [1.54, 1.807) is 0 Å². The number of fused-ring (bicyclic) bond motifs is 2. The first kappa shape index (κ1) is 21.7. The number of para-hydroxylation sites is 2. The molecule has 6 rings (SSSR count). The van der Waals surface area contributed by atoms with Crippen molar-refractivity contribution in [3.8, 4) is 11.4 Å². The number of pyridine rings is 1. The largest absolute Gasteiger partial charge is 0.340 e. The fourth-order valence-electron chi connectivity index (χ4n) is 4.22. The minimum atomic E-state index is 0.608. The number of hydrogen-bond donors (Lipinski definition) is 2. The molecule has 0 atom stereocenters. The number of rotatable bonds is 5. The molecular formula is C31H25N5. The van der Waals surface area contributed by atoms with E-state index in [2.05, 4.69) is 85.1 Å². The number of nitrogens with one attached hydrogen (secondary N) is 2. The fraction of sp³-hybridized carbons (Fsp3) is 0.0645. The standard InChI is InChI=1S/C31H25N5/c1-20-11-15-23(16-12-20)32-29-25-8-4-6-10-28(25)35-31(36-29)26-19-22-7-3-5-9-27(22)34-30(26)33-24-17-13-21(2)14-18-24/h3-19H,1-2H3,(H,33,34)(H,32,35,36). The molecule has 0 spiro atoms. The number of hydrogen-bond acceptors (Lipinski definition) is 5. The van der Waals surface area contributed by atoms with Gasteiger partial charge in [-0.15, -0.1) is 0 Å². The third kappa shape index (κ3) is 4.34. The van der Waals surface area contributed by atoms with Gasteiger partial charge in [-0.05, 0) is 62.4 Å². The first-order valence-electron chi connectivity index (χ1n) is 12.0. The summed E-state index contributed by atoms with van der Waals surface area (Å²) in [6.45, 7) is 4.16. The molecule has 2 heterocycles. The average molecular weight is 468 g/mol. The quantitative estimate of drug-likeness (QED) is 0.269. The van der Waals surface area contributed by atoms with Crippen molar-refractivity contribution in [1.82, 2.24) is 15.0 Å². The highest BCUT2D eigenvalue weighted by atomic mass is 15.1. The van der Waals surface area contributed by atoms with Crippen LogP contribution in [0.2, 0.25) is 0 Å². The highest BCUT2D eigenvalue weighted by molar-refractivity contribution is 5.95. The van der Waals surface area contributed by atoms with Crippen LogP contribution in [0.1, 0.15) is 11.1 Å². The molecule has 0 unspecified atom stereocenters. The Morgan fingerprint density at radius 3 is 1.81 bits per heavy atom. The Bertz CT molecular complexity index is 1690. The predicted octanol–water partition coefficient (Wildman–Crippen LogP) is 7.95. The van der Waals surface area contributed by atoms with Crippen LogP contribution in [-0.4, -0.2) is 15.0 Å². The van der Waals surface area contributed by atoms with E-state index in [0.717, 1.165) is 44.6 Å². The van der Waals surface area contributed by atoms with Crippen LogP contribution < -0.4 is 10.6 Å². The molecule has 0 saturated heterocycles. The summed E-state index contributed by atoms with van der Waals surface area (Å²) in [5.41, 5.74) is 6.97. The summed E-state index contributed by atoms with van der Waals surface area (Å²) in [4.78, 5) is 14.9. The molecule has 0 fully saturated rings. The number of nitrogens with zero attached hydrogens (tertiary/aromatic N) is 3. The van der Waals surface area contributed by atoms with Crippen LogP contribution in [0.5, 0.6) is 0 Å². The zero-order valence-corrected chi connectivity index (χ0v) is 20.2. The van der Waals surface area contributed by atoms with Gasteiger partial charge in [0, 0.05) is 22.1 Å². The minimum Gasteiger partial charge on any atom is -0.340 e. The van der Waals surface area contributed by atoms with Gasteiger partial charge in [-0.25, -0.2) is 15.0 Å². The van der Waals surface area contributed by atoms with Crippen molar-refractivity contribution in [2.75, 3.05) is 10.6 Å². The van der Waals surface area contributed by atoms with Crippen LogP contribution in [0.15, 0.2) is 103 Å². The molecule has 2 aromatic heterocycles. The van der Waals surface area contributed by atoms with E-state index in [-0.39, 0.29) is 0 Å². The van der Waals surface area contributed by atoms with Gasteiger partial charge in [0.25, 0.3) is 0 Å². The molecule has 0 radical (unpaired) electrons. The van der Waals surface area contributed by atoms with Crippen LogP contribution in [0.25, 0.3) is 33.2 Å². The summed E-state index contributed by atoms with van der Waals surface area (Å²) >= 11 is 0. The van der Waals surface area contributed by atoms with E-state index < -0.39 is 0 Å². The molecule has 0 aliphatic heterocycles. The fourth-order valence-corrected chi connectivity index (χ4v) is 4.22. The molecule has 0 amide bonds. The maximum atomic E-state index is 5.01. The Hall–Kier alpha value is -4.77. The van der Waals surface area contributed by atoms with Crippen LogP contribution >= 0.6 is 0 Å². The van der Waals surface area contributed by atoms with Crippen molar-refractivity contribution >= 4 is 44.8 Å². The van der Waals surface area contributed by atoms with Crippen molar-refractivity contribution in [1.29, 1.82) is 0 Å². The van der Waals surface area contributed by atoms with Gasteiger partial charge in [0.15, 0.2) is 5.82 Å². The Morgan fingerprint density at radius 2 is 1.11 bits per heavy atom. The van der Waals surface area contributed by atoms with Crippen LogP contribution in [0.3, 0.4) is 0 Å². The predicted molar refractivity (Wildman–Crippen MR) is 149 cm³/mol. The van der Waals surface area contributed by atoms with Gasteiger partial charge in [0.05, 0.1) is 16.6 Å². The Balaban J connectivity index is 1.52. The van der Waals surface area contributed by atoms with E-state index in [4.69, 9.17) is 15.0 Å². The molecule has 36 heavy (non-hydrogen) atoms. The number of aromatic nitrogens is 3. The lowest BCUT2D eigenvalue weighted by atomic mass is 10.1. The topological polar surface area (TPSA) is 62.7 Å². The molecule has 0 aliphatic carbocycles. The second kappa shape index (κ2) is 9.12. The van der Waals surface area contributed by atoms with E-state index in [9.17, 15) is 0 Å². The normalized spacial score (nSPS) is 11.1.